The Morgan fingerprint density at radius 3 is 2.49 bits per heavy atom. The summed E-state index contributed by atoms with van der Waals surface area (Å²) in [5.41, 5.74) is 1.69. The van der Waals surface area contributed by atoms with E-state index < -0.39 is 0 Å². The number of rotatable bonds is 9. The Labute approximate surface area is 215 Å². The number of aldehydes is 1. The Kier molecular flexibility index (Phi) is 10.4. The SMILES string of the molecule is CN(F)Oc1ccc(C(=O)Nc2ccc(N3CCC(COc4cccc(C=O)c4)CC3)[nH+]c2)cc1.CO. The summed E-state index contributed by atoms with van der Waals surface area (Å²) in [5, 5.41) is 9.94. The number of ether oxygens (including phenoxy) is 1. The fraction of sp³-hybridized carbons (Fsp3) is 0.296. The van der Waals surface area contributed by atoms with E-state index in [1.54, 1.807) is 30.5 Å². The van der Waals surface area contributed by atoms with Gasteiger partial charge in [0, 0.05) is 35.5 Å². The summed E-state index contributed by atoms with van der Waals surface area (Å²) < 4.78 is 18.6. The summed E-state index contributed by atoms with van der Waals surface area (Å²) in [6, 6.07) is 17.2. The van der Waals surface area contributed by atoms with Gasteiger partial charge in [0.05, 0.1) is 32.4 Å². The van der Waals surface area contributed by atoms with E-state index in [1.807, 2.05) is 24.3 Å². The lowest BCUT2D eigenvalue weighted by Crippen LogP contribution is -2.38. The summed E-state index contributed by atoms with van der Waals surface area (Å²) in [7, 11) is 2.13. The van der Waals surface area contributed by atoms with Crippen LogP contribution < -0.4 is 24.8 Å². The van der Waals surface area contributed by atoms with Gasteiger partial charge in [-0.05, 0) is 55.3 Å². The van der Waals surface area contributed by atoms with Gasteiger partial charge in [-0.1, -0.05) is 16.6 Å². The molecule has 0 atom stereocenters. The van der Waals surface area contributed by atoms with Crippen LogP contribution in [0.4, 0.5) is 16.0 Å². The van der Waals surface area contributed by atoms with Crippen LogP contribution in [0.1, 0.15) is 33.6 Å². The number of amides is 1. The van der Waals surface area contributed by atoms with Gasteiger partial charge in [0.25, 0.3) is 11.7 Å². The summed E-state index contributed by atoms with van der Waals surface area (Å²) in [6.07, 6.45) is 4.58. The molecule has 9 nitrogen and oxygen atoms in total. The van der Waals surface area contributed by atoms with E-state index in [4.69, 9.17) is 14.7 Å². The molecule has 0 bridgehead atoms. The van der Waals surface area contributed by atoms with E-state index in [9.17, 15) is 14.1 Å². The summed E-state index contributed by atoms with van der Waals surface area (Å²) in [5.74, 6) is 2.18. The average Bonchev–Trinajstić information content (AvgIpc) is 2.94. The molecule has 1 fully saturated rings. The normalized spacial score (nSPS) is 13.4. The van der Waals surface area contributed by atoms with Gasteiger partial charge in [0.15, 0.2) is 5.75 Å². The second-order valence-corrected chi connectivity index (χ2v) is 8.38. The van der Waals surface area contributed by atoms with Crippen LogP contribution in [0.5, 0.6) is 11.5 Å². The number of pyridine rings is 1. The molecule has 1 saturated heterocycles. The fourth-order valence-electron chi connectivity index (χ4n) is 3.94. The molecule has 0 spiro atoms. The molecular formula is C27H32FN4O5+. The quantitative estimate of drug-likeness (QED) is 0.257. The number of aromatic amines is 1. The van der Waals surface area contributed by atoms with Gasteiger partial charge in [-0.25, -0.2) is 4.98 Å². The molecule has 0 saturated carbocycles. The number of carbonyl (C=O) groups is 2. The average molecular weight is 512 g/mol. The Morgan fingerprint density at radius 1 is 1.14 bits per heavy atom. The summed E-state index contributed by atoms with van der Waals surface area (Å²) >= 11 is 0. The number of H-pyrrole nitrogens is 1. The van der Waals surface area contributed by atoms with E-state index in [0.717, 1.165) is 57.9 Å². The highest BCUT2D eigenvalue weighted by Crippen LogP contribution is 2.23. The van der Waals surface area contributed by atoms with Gasteiger partial charge >= 0.3 is 0 Å². The smallest absolute Gasteiger partial charge is 0.274 e. The third-order valence-corrected chi connectivity index (χ3v) is 5.84. The molecule has 1 amide bonds. The Bertz CT molecular complexity index is 1130. The molecule has 0 unspecified atom stereocenters. The van der Waals surface area contributed by atoms with E-state index >= 15 is 0 Å². The van der Waals surface area contributed by atoms with Gasteiger partial charge in [0.2, 0.25) is 0 Å². The highest BCUT2D eigenvalue weighted by molar-refractivity contribution is 6.04. The molecular weight excluding hydrogens is 479 g/mol. The number of aliphatic hydroxyl groups is 1. The Hall–Kier alpha value is -4.02. The molecule has 0 aliphatic carbocycles. The van der Waals surface area contributed by atoms with Gasteiger partial charge in [-0.15, -0.1) is 0 Å². The van der Waals surface area contributed by atoms with Gasteiger partial charge < -0.3 is 20.0 Å². The van der Waals surface area contributed by atoms with E-state index in [2.05, 4.69) is 15.2 Å². The second kappa shape index (κ2) is 13.9. The number of aromatic nitrogens is 1. The second-order valence-electron chi connectivity index (χ2n) is 8.38. The first-order valence-corrected chi connectivity index (χ1v) is 11.9. The first-order chi connectivity index (χ1) is 18.0. The molecule has 2 aromatic carbocycles. The van der Waals surface area contributed by atoms with Crippen molar-refractivity contribution >= 4 is 23.7 Å². The van der Waals surface area contributed by atoms with Crippen molar-refractivity contribution in [2.24, 2.45) is 5.92 Å². The Morgan fingerprint density at radius 2 is 1.86 bits per heavy atom. The minimum atomic E-state index is -0.272. The molecule has 3 N–H and O–H groups in total. The van der Waals surface area contributed by atoms with Crippen molar-refractivity contribution in [3.05, 3.63) is 78.0 Å². The minimum Gasteiger partial charge on any atom is -0.493 e. The number of aliphatic hydroxyl groups excluding tert-OH is 1. The van der Waals surface area contributed by atoms with Crippen molar-refractivity contribution in [3.63, 3.8) is 0 Å². The number of nitrogens with zero attached hydrogens (tertiary/aromatic N) is 2. The van der Waals surface area contributed by atoms with Crippen LogP contribution in [-0.4, -0.2) is 56.4 Å². The Balaban J connectivity index is 0.00000186. The van der Waals surface area contributed by atoms with Crippen LogP contribution in [0.25, 0.3) is 0 Å². The van der Waals surface area contributed by atoms with Crippen molar-refractivity contribution in [3.8, 4) is 11.5 Å². The maximum Gasteiger partial charge on any atom is 0.274 e. The zero-order valence-corrected chi connectivity index (χ0v) is 20.9. The van der Waals surface area contributed by atoms with Crippen LogP contribution in [0.15, 0.2) is 66.9 Å². The van der Waals surface area contributed by atoms with E-state index in [1.165, 1.54) is 12.1 Å². The highest BCUT2D eigenvalue weighted by atomic mass is 19.2. The lowest BCUT2D eigenvalue weighted by Gasteiger charge is -2.27. The van der Waals surface area contributed by atoms with Gasteiger partial charge in [-0.3, -0.25) is 14.5 Å². The lowest BCUT2D eigenvalue weighted by atomic mass is 9.98. The van der Waals surface area contributed by atoms with Crippen molar-refractivity contribution in [1.82, 2.24) is 5.29 Å². The number of hydrogen-bond donors (Lipinski definition) is 2. The van der Waals surface area contributed by atoms with Crippen LogP contribution in [0, 0.1) is 5.92 Å². The van der Waals surface area contributed by atoms with Gasteiger partial charge in [0.1, 0.15) is 18.2 Å². The van der Waals surface area contributed by atoms with Gasteiger partial charge in [-0.2, -0.15) is 0 Å². The molecule has 10 heteroatoms. The monoisotopic (exact) mass is 511 g/mol. The minimum absolute atomic E-state index is 0.0959. The first-order valence-electron chi connectivity index (χ1n) is 11.9. The molecule has 0 radical (unpaired) electrons. The third-order valence-electron chi connectivity index (χ3n) is 5.84. The van der Waals surface area contributed by atoms with Crippen LogP contribution in [0.2, 0.25) is 0 Å². The maximum absolute atomic E-state index is 12.8. The molecule has 196 valence electrons. The van der Waals surface area contributed by atoms with E-state index in [-0.39, 0.29) is 11.2 Å². The predicted molar refractivity (Wildman–Crippen MR) is 137 cm³/mol. The van der Waals surface area contributed by atoms with Crippen molar-refractivity contribution in [1.29, 1.82) is 0 Å². The summed E-state index contributed by atoms with van der Waals surface area (Å²) in [6.45, 7) is 2.42. The molecule has 2 heterocycles. The topological polar surface area (TPSA) is 105 Å². The number of piperidine rings is 1. The number of anilines is 2. The largest absolute Gasteiger partial charge is 0.493 e. The maximum atomic E-state index is 12.8. The fourth-order valence-corrected chi connectivity index (χ4v) is 3.94. The predicted octanol–water partition coefficient (Wildman–Crippen LogP) is 3.58. The zero-order chi connectivity index (χ0) is 26.6. The highest BCUT2D eigenvalue weighted by Gasteiger charge is 2.25. The number of halogens is 1. The molecule has 1 aliphatic heterocycles. The van der Waals surface area contributed by atoms with Crippen molar-refractivity contribution in [2.45, 2.75) is 12.8 Å². The lowest BCUT2D eigenvalue weighted by molar-refractivity contribution is -0.363. The van der Waals surface area contributed by atoms with Crippen LogP contribution in [0.3, 0.4) is 0 Å². The van der Waals surface area contributed by atoms with Crippen molar-refractivity contribution < 1.29 is 33.7 Å². The van der Waals surface area contributed by atoms with Crippen LogP contribution >= 0.6 is 0 Å². The molecule has 1 aromatic heterocycles. The third kappa shape index (κ3) is 8.26. The van der Waals surface area contributed by atoms with E-state index in [0.29, 0.717) is 35.1 Å². The zero-order valence-electron chi connectivity index (χ0n) is 20.9. The van der Waals surface area contributed by atoms with Crippen molar-refractivity contribution in [2.75, 3.05) is 44.1 Å². The number of hydrogen-bond acceptors (Lipinski definition) is 7. The molecule has 4 rings (SSSR count). The molecule has 3 aromatic rings. The summed E-state index contributed by atoms with van der Waals surface area (Å²) in [4.78, 5) is 33.7. The van der Waals surface area contributed by atoms with Crippen LogP contribution in [-0.2, 0) is 0 Å². The number of benzene rings is 2. The number of nitrogens with one attached hydrogen (secondary N) is 2. The standard InChI is InChI=1S/C26H27FN4O4.CH4O/c1-30(27)35-23-8-5-21(6-9-23)26(33)29-22-7-10-25(28-16-22)31-13-11-19(12-14-31)18-34-24-4-2-3-20(15-24)17-32;1-2/h2-10,15-17,19H,11-14,18H2,1H3,(H,29,33);2H,1H3/p+1. The number of hydroxylamine groups is 1. The first kappa shape index (κ1) is 27.6. The molecule has 37 heavy (non-hydrogen) atoms. The molecule has 1 aliphatic rings. The number of carbonyl (C=O) groups excluding carboxylic acids is 2.